The van der Waals surface area contributed by atoms with Gasteiger partial charge in [-0.15, -0.1) is 0 Å². The molecule has 0 radical (unpaired) electrons. The summed E-state index contributed by atoms with van der Waals surface area (Å²) < 4.78 is 7.38. The number of nitro benzene ring substituents is 1. The van der Waals surface area contributed by atoms with Crippen molar-refractivity contribution >= 4 is 28.9 Å². The topological polar surface area (TPSA) is 99.3 Å². The number of nitrogens with zero attached hydrogens (tertiary/aromatic N) is 3. The molecule has 3 rings (SSSR count). The van der Waals surface area contributed by atoms with E-state index in [1.807, 2.05) is 0 Å². The Labute approximate surface area is 148 Å². The van der Waals surface area contributed by atoms with E-state index in [4.69, 9.17) is 16.3 Å². The second kappa shape index (κ2) is 7.62. The summed E-state index contributed by atoms with van der Waals surface area (Å²) in [5.41, 5.74) is 0.359. The van der Waals surface area contributed by atoms with Gasteiger partial charge in [-0.3, -0.25) is 19.6 Å². The van der Waals surface area contributed by atoms with Crippen molar-refractivity contribution in [2.45, 2.75) is 31.9 Å². The summed E-state index contributed by atoms with van der Waals surface area (Å²) in [5.74, 6) is -0.465. The zero-order valence-corrected chi connectivity index (χ0v) is 14.1. The maximum absolute atomic E-state index is 12.3. The first kappa shape index (κ1) is 17.4. The van der Waals surface area contributed by atoms with Crippen molar-refractivity contribution in [3.05, 3.63) is 51.3 Å². The molecule has 0 spiro atoms. The van der Waals surface area contributed by atoms with Crippen LogP contribution in [0.5, 0.6) is 0 Å². The Bertz CT molecular complexity index is 786. The quantitative estimate of drug-likeness (QED) is 0.648. The highest BCUT2D eigenvalue weighted by molar-refractivity contribution is 6.32. The van der Waals surface area contributed by atoms with Gasteiger partial charge in [0.2, 0.25) is 0 Å². The van der Waals surface area contributed by atoms with Gasteiger partial charge in [-0.05, 0) is 31.4 Å². The molecule has 1 aromatic carbocycles. The highest BCUT2D eigenvalue weighted by Gasteiger charge is 2.18. The van der Waals surface area contributed by atoms with E-state index >= 15 is 0 Å². The Morgan fingerprint density at radius 1 is 1.48 bits per heavy atom. The molecule has 0 saturated carbocycles. The largest absolute Gasteiger partial charge is 0.376 e. The molecule has 0 aliphatic carbocycles. The summed E-state index contributed by atoms with van der Waals surface area (Å²) in [6, 6.07) is 3.92. The fourth-order valence-corrected chi connectivity index (χ4v) is 2.87. The molecular weight excluding hydrogens is 348 g/mol. The minimum absolute atomic E-state index is 0.0122. The standard InChI is InChI=1S/C16H17ClN4O4/c17-14-5-4-11(7-15(14)21(23)24)16(22)19-12-8-18-20(9-12)10-13-3-1-2-6-25-13/h4-5,7-9,13H,1-3,6,10H2,(H,19,22). The van der Waals surface area contributed by atoms with E-state index in [1.54, 1.807) is 10.9 Å². The van der Waals surface area contributed by atoms with Crippen LogP contribution in [0.4, 0.5) is 11.4 Å². The van der Waals surface area contributed by atoms with Crippen LogP contribution in [0.1, 0.15) is 29.6 Å². The van der Waals surface area contributed by atoms with Crippen LogP contribution in [0, 0.1) is 10.1 Å². The number of carbonyl (C=O) groups excluding carboxylic acids is 1. The number of hydrogen-bond donors (Lipinski definition) is 1. The fraction of sp³-hybridized carbons (Fsp3) is 0.375. The van der Waals surface area contributed by atoms with Gasteiger partial charge in [0, 0.05) is 24.4 Å². The van der Waals surface area contributed by atoms with E-state index < -0.39 is 10.8 Å². The predicted molar refractivity (Wildman–Crippen MR) is 91.9 cm³/mol. The molecule has 1 fully saturated rings. The van der Waals surface area contributed by atoms with Gasteiger partial charge in [0.25, 0.3) is 11.6 Å². The van der Waals surface area contributed by atoms with Gasteiger partial charge in [0.05, 0.1) is 29.5 Å². The van der Waals surface area contributed by atoms with Crippen molar-refractivity contribution in [3.8, 4) is 0 Å². The van der Waals surface area contributed by atoms with Crippen molar-refractivity contribution in [1.82, 2.24) is 9.78 Å². The number of nitro groups is 1. The van der Waals surface area contributed by atoms with Crippen LogP contribution in [-0.4, -0.2) is 33.3 Å². The molecule has 132 valence electrons. The van der Waals surface area contributed by atoms with Gasteiger partial charge in [-0.1, -0.05) is 11.6 Å². The monoisotopic (exact) mass is 364 g/mol. The molecule has 2 aromatic rings. The van der Waals surface area contributed by atoms with Crippen molar-refractivity contribution in [1.29, 1.82) is 0 Å². The highest BCUT2D eigenvalue weighted by atomic mass is 35.5. The first-order valence-electron chi connectivity index (χ1n) is 7.92. The molecule has 25 heavy (non-hydrogen) atoms. The number of aromatic nitrogens is 2. The smallest absolute Gasteiger partial charge is 0.288 e. The zero-order chi connectivity index (χ0) is 17.8. The molecule has 1 atom stereocenters. The summed E-state index contributed by atoms with van der Waals surface area (Å²) in [6.45, 7) is 1.40. The number of hydrogen-bond acceptors (Lipinski definition) is 5. The average Bonchev–Trinajstić information content (AvgIpc) is 3.02. The second-order valence-corrected chi connectivity index (χ2v) is 6.22. The minimum Gasteiger partial charge on any atom is -0.376 e. The highest BCUT2D eigenvalue weighted by Crippen LogP contribution is 2.25. The van der Waals surface area contributed by atoms with Crippen LogP contribution < -0.4 is 5.32 Å². The van der Waals surface area contributed by atoms with E-state index in [0.717, 1.165) is 31.9 Å². The number of ether oxygens (including phenoxy) is 1. The van der Waals surface area contributed by atoms with Crippen LogP contribution in [-0.2, 0) is 11.3 Å². The van der Waals surface area contributed by atoms with E-state index in [1.165, 1.54) is 18.3 Å². The number of anilines is 1. The number of carbonyl (C=O) groups is 1. The summed E-state index contributed by atoms with van der Waals surface area (Å²) in [6.07, 6.45) is 6.60. The van der Waals surface area contributed by atoms with Crippen LogP contribution in [0.2, 0.25) is 5.02 Å². The van der Waals surface area contributed by atoms with Crippen molar-refractivity contribution in [2.24, 2.45) is 0 Å². The Kier molecular flexibility index (Phi) is 5.30. The first-order valence-corrected chi connectivity index (χ1v) is 8.30. The number of rotatable bonds is 5. The fourth-order valence-electron chi connectivity index (χ4n) is 2.69. The minimum atomic E-state index is -0.624. The van der Waals surface area contributed by atoms with E-state index in [-0.39, 0.29) is 22.4 Å². The normalized spacial score (nSPS) is 17.2. The lowest BCUT2D eigenvalue weighted by atomic mass is 10.1. The van der Waals surface area contributed by atoms with Crippen LogP contribution in [0.25, 0.3) is 0 Å². The number of nitrogens with one attached hydrogen (secondary N) is 1. The molecule has 1 unspecified atom stereocenters. The van der Waals surface area contributed by atoms with Gasteiger partial charge < -0.3 is 10.1 Å². The third-order valence-corrected chi connectivity index (χ3v) is 4.28. The Balaban J connectivity index is 1.65. The molecule has 8 nitrogen and oxygen atoms in total. The number of halogens is 1. The lowest BCUT2D eigenvalue weighted by Crippen LogP contribution is -2.24. The SMILES string of the molecule is O=C(Nc1cnn(CC2CCCCO2)c1)c1ccc(Cl)c([N+](=O)[O-])c1. The van der Waals surface area contributed by atoms with Gasteiger partial charge >= 0.3 is 0 Å². The molecule has 1 aliphatic heterocycles. The third-order valence-electron chi connectivity index (χ3n) is 3.96. The molecule has 1 N–H and O–H groups in total. The molecule has 1 aliphatic rings. The zero-order valence-electron chi connectivity index (χ0n) is 13.4. The number of benzene rings is 1. The second-order valence-electron chi connectivity index (χ2n) is 5.82. The van der Waals surface area contributed by atoms with Gasteiger partial charge in [-0.2, -0.15) is 5.10 Å². The maximum Gasteiger partial charge on any atom is 0.288 e. The van der Waals surface area contributed by atoms with Crippen molar-refractivity contribution < 1.29 is 14.5 Å². The van der Waals surface area contributed by atoms with E-state index in [9.17, 15) is 14.9 Å². The van der Waals surface area contributed by atoms with Crippen molar-refractivity contribution in [3.63, 3.8) is 0 Å². The van der Waals surface area contributed by atoms with Gasteiger partial charge in [0.1, 0.15) is 5.02 Å². The molecule has 1 amide bonds. The third kappa shape index (κ3) is 4.34. The van der Waals surface area contributed by atoms with Crippen LogP contribution >= 0.6 is 11.6 Å². The van der Waals surface area contributed by atoms with E-state index in [2.05, 4.69) is 10.4 Å². The summed E-state index contributed by atoms with van der Waals surface area (Å²) in [4.78, 5) is 22.5. The maximum atomic E-state index is 12.3. The van der Waals surface area contributed by atoms with E-state index in [0.29, 0.717) is 12.2 Å². The summed E-state index contributed by atoms with van der Waals surface area (Å²) in [5, 5.41) is 17.8. The summed E-state index contributed by atoms with van der Waals surface area (Å²) in [7, 11) is 0. The van der Waals surface area contributed by atoms with Gasteiger partial charge in [-0.25, -0.2) is 0 Å². The summed E-state index contributed by atoms with van der Waals surface area (Å²) >= 11 is 5.75. The Hall–Kier alpha value is -2.45. The average molecular weight is 365 g/mol. The first-order chi connectivity index (χ1) is 12.0. The number of amides is 1. The van der Waals surface area contributed by atoms with Crippen LogP contribution in [0.3, 0.4) is 0 Å². The molecule has 2 heterocycles. The molecule has 1 saturated heterocycles. The van der Waals surface area contributed by atoms with Crippen LogP contribution in [0.15, 0.2) is 30.6 Å². The molecule has 0 bridgehead atoms. The van der Waals surface area contributed by atoms with Gasteiger partial charge in [0.15, 0.2) is 0 Å². The molecule has 9 heteroatoms. The van der Waals surface area contributed by atoms with Crippen molar-refractivity contribution in [2.75, 3.05) is 11.9 Å². The Morgan fingerprint density at radius 2 is 2.32 bits per heavy atom. The lowest BCUT2D eigenvalue weighted by Gasteiger charge is -2.22. The lowest BCUT2D eigenvalue weighted by molar-refractivity contribution is -0.384. The molecular formula is C16H17ClN4O4. The molecule has 1 aromatic heterocycles. The predicted octanol–water partition coefficient (Wildman–Crippen LogP) is 3.27. The Morgan fingerprint density at radius 3 is 3.04 bits per heavy atom.